The lowest BCUT2D eigenvalue weighted by Crippen LogP contribution is -2.25. The lowest BCUT2D eigenvalue weighted by atomic mass is 10.1. The monoisotopic (exact) mass is 250 g/mol. The van der Waals surface area contributed by atoms with Crippen molar-refractivity contribution in [3.63, 3.8) is 0 Å². The van der Waals surface area contributed by atoms with Crippen LogP contribution in [0.15, 0.2) is 12.1 Å². The third-order valence-electron chi connectivity index (χ3n) is 3.36. The molecule has 5 nitrogen and oxygen atoms in total. The third kappa shape index (κ3) is 2.26. The van der Waals surface area contributed by atoms with E-state index >= 15 is 0 Å². The number of benzene rings is 1. The van der Waals surface area contributed by atoms with Gasteiger partial charge in [0.15, 0.2) is 0 Å². The molecule has 0 unspecified atom stereocenters. The summed E-state index contributed by atoms with van der Waals surface area (Å²) < 4.78 is 4.70. The highest BCUT2D eigenvalue weighted by Gasteiger charge is 2.42. The van der Waals surface area contributed by atoms with Gasteiger partial charge in [0.05, 0.1) is 24.8 Å². The number of esters is 1. The first-order valence-electron chi connectivity index (χ1n) is 5.89. The van der Waals surface area contributed by atoms with Crippen LogP contribution in [0.4, 0.5) is 11.4 Å². The maximum Gasteiger partial charge on any atom is 0.340 e. The Morgan fingerprint density at radius 1 is 1.56 bits per heavy atom. The minimum absolute atomic E-state index is 0.0873. The standard InChI is InChI=1S/C13H18N2O3/c1-8-5-9(15-13(7-16)3-4-13)6-10(11(8)14)12(17)18-2/h5-6,15-16H,3-4,7,14H2,1-2H3. The number of nitrogens with two attached hydrogens (primary N) is 1. The second kappa shape index (κ2) is 4.49. The fraction of sp³-hybridized carbons (Fsp3) is 0.462. The van der Waals surface area contributed by atoms with Gasteiger partial charge < -0.3 is 20.9 Å². The van der Waals surface area contributed by atoms with E-state index in [0.717, 1.165) is 24.1 Å². The number of nitrogen functional groups attached to an aromatic ring is 1. The molecule has 1 aliphatic carbocycles. The second-order valence-corrected chi connectivity index (χ2v) is 4.81. The van der Waals surface area contributed by atoms with Crippen LogP contribution >= 0.6 is 0 Å². The van der Waals surface area contributed by atoms with Crippen LogP contribution in [0.1, 0.15) is 28.8 Å². The summed E-state index contributed by atoms with van der Waals surface area (Å²) in [4.78, 5) is 11.6. The van der Waals surface area contributed by atoms with Gasteiger partial charge in [-0.2, -0.15) is 0 Å². The van der Waals surface area contributed by atoms with E-state index in [1.54, 1.807) is 6.07 Å². The van der Waals surface area contributed by atoms with Crippen molar-refractivity contribution >= 4 is 17.3 Å². The van der Waals surface area contributed by atoms with Gasteiger partial charge in [0.25, 0.3) is 0 Å². The molecule has 1 saturated carbocycles. The van der Waals surface area contributed by atoms with E-state index in [1.807, 2.05) is 13.0 Å². The van der Waals surface area contributed by atoms with Crippen LogP contribution in [0, 0.1) is 6.92 Å². The second-order valence-electron chi connectivity index (χ2n) is 4.81. The SMILES string of the molecule is COC(=O)c1cc(NC2(CO)CC2)cc(C)c1N. The Hall–Kier alpha value is -1.75. The zero-order chi connectivity index (χ0) is 13.3. The predicted octanol–water partition coefficient (Wildman–Crippen LogP) is 1.30. The van der Waals surface area contributed by atoms with Gasteiger partial charge in [-0.15, -0.1) is 0 Å². The summed E-state index contributed by atoms with van der Waals surface area (Å²) in [5.74, 6) is -0.451. The maximum absolute atomic E-state index is 11.6. The molecular weight excluding hydrogens is 232 g/mol. The molecule has 0 aliphatic heterocycles. The number of anilines is 2. The molecule has 1 aromatic carbocycles. The van der Waals surface area contributed by atoms with Crippen molar-refractivity contribution < 1.29 is 14.6 Å². The van der Waals surface area contributed by atoms with Crippen molar-refractivity contribution in [1.29, 1.82) is 0 Å². The Bertz CT molecular complexity index is 481. The molecule has 0 radical (unpaired) electrons. The summed E-state index contributed by atoms with van der Waals surface area (Å²) >= 11 is 0. The number of hydrogen-bond donors (Lipinski definition) is 3. The van der Waals surface area contributed by atoms with Crippen molar-refractivity contribution in [3.05, 3.63) is 23.3 Å². The van der Waals surface area contributed by atoms with Gasteiger partial charge in [0.1, 0.15) is 0 Å². The van der Waals surface area contributed by atoms with Crippen LogP contribution in [0.3, 0.4) is 0 Å². The number of methoxy groups -OCH3 is 1. The molecule has 0 aromatic heterocycles. The average Bonchev–Trinajstić information content (AvgIpc) is 3.13. The Kier molecular flexibility index (Phi) is 3.17. The number of rotatable bonds is 4. The minimum Gasteiger partial charge on any atom is -0.465 e. The maximum atomic E-state index is 11.6. The zero-order valence-corrected chi connectivity index (χ0v) is 10.6. The van der Waals surface area contributed by atoms with Gasteiger partial charge in [0, 0.05) is 11.4 Å². The summed E-state index contributed by atoms with van der Waals surface area (Å²) in [6.45, 7) is 1.93. The molecular formula is C13H18N2O3. The topological polar surface area (TPSA) is 84.6 Å². The van der Waals surface area contributed by atoms with Crippen molar-refractivity contribution in [2.45, 2.75) is 25.3 Å². The predicted molar refractivity (Wildman–Crippen MR) is 69.6 cm³/mol. The van der Waals surface area contributed by atoms with Crippen molar-refractivity contribution in [2.75, 3.05) is 24.8 Å². The Morgan fingerprint density at radius 2 is 2.22 bits per heavy atom. The van der Waals surface area contributed by atoms with Gasteiger partial charge in [-0.3, -0.25) is 0 Å². The molecule has 1 aromatic rings. The molecule has 0 spiro atoms. The van der Waals surface area contributed by atoms with Crippen LogP contribution in [0.25, 0.3) is 0 Å². The highest BCUT2D eigenvalue weighted by Crippen LogP contribution is 2.39. The van der Waals surface area contributed by atoms with E-state index in [2.05, 4.69) is 5.32 Å². The van der Waals surface area contributed by atoms with Crippen LogP contribution < -0.4 is 11.1 Å². The molecule has 0 heterocycles. The van der Waals surface area contributed by atoms with E-state index in [9.17, 15) is 9.90 Å². The van der Waals surface area contributed by atoms with Crippen LogP contribution in [0.2, 0.25) is 0 Å². The molecule has 1 fully saturated rings. The Balaban J connectivity index is 2.32. The first kappa shape index (κ1) is 12.7. The van der Waals surface area contributed by atoms with Crippen molar-refractivity contribution in [1.82, 2.24) is 0 Å². The molecule has 98 valence electrons. The molecule has 4 N–H and O–H groups in total. The highest BCUT2D eigenvalue weighted by molar-refractivity contribution is 5.97. The van der Waals surface area contributed by atoms with Gasteiger partial charge >= 0.3 is 5.97 Å². The highest BCUT2D eigenvalue weighted by atomic mass is 16.5. The lowest BCUT2D eigenvalue weighted by Gasteiger charge is -2.18. The summed E-state index contributed by atoms with van der Waals surface area (Å²) in [6, 6.07) is 3.54. The van der Waals surface area contributed by atoms with Gasteiger partial charge in [-0.1, -0.05) is 0 Å². The number of aliphatic hydroxyl groups excluding tert-OH is 1. The largest absolute Gasteiger partial charge is 0.465 e. The normalized spacial score (nSPS) is 16.2. The fourth-order valence-corrected chi connectivity index (χ4v) is 1.93. The van der Waals surface area contributed by atoms with Gasteiger partial charge in [-0.05, 0) is 37.5 Å². The lowest BCUT2D eigenvalue weighted by molar-refractivity contribution is 0.0602. The zero-order valence-electron chi connectivity index (χ0n) is 10.6. The molecule has 0 bridgehead atoms. The minimum atomic E-state index is -0.451. The smallest absolute Gasteiger partial charge is 0.340 e. The first-order chi connectivity index (χ1) is 8.51. The summed E-state index contributed by atoms with van der Waals surface area (Å²) in [7, 11) is 1.33. The number of hydrogen-bond acceptors (Lipinski definition) is 5. The summed E-state index contributed by atoms with van der Waals surface area (Å²) in [6.07, 6.45) is 1.86. The van der Waals surface area contributed by atoms with Crippen LogP contribution in [-0.2, 0) is 4.74 Å². The number of aliphatic hydroxyl groups is 1. The molecule has 0 amide bonds. The van der Waals surface area contributed by atoms with Crippen LogP contribution in [0.5, 0.6) is 0 Å². The molecule has 1 aliphatic rings. The number of carbonyl (C=O) groups excluding carboxylic acids is 1. The average molecular weight is 250 g/mol. The van der Waals surface area contributed by atoms with Gasteiger partial charge in [-0.25, -0.2) is 4.79 Å². The van der Waals surface area contributed by atoms with Crippen molar-refractivity contribution in [2.24, 2.45) is 0 Å². The van der Waals surface area contributed by atoms with E-state index in [0.29, 0.717) is 11.3 Å². The third-order valence-corrected chi connectivity index (χ3v) is 3.36. The summed E-state index contributed by atoms with van der Waals surface area (Å²) in [5.41, 5.74) is 8.02. The first-order valence-corrected chi connectivity index (χ1v) is 5.89. The van der Waals surface area contributed by atoms with E-state index in [1.165, 1.54) is 7.11 Å². The number of nitrogens with one attached hydrogen (secondary N) is 1. The van der Waals surface area contributed by atoms with E-state index < -0.39 is 5.97 Å². The van der Waals surface area contributed by atoms with Crippen molar-refractivity contribution in [3.8, 4) is 0 Å². The molecule has 0 atom stereocenters. The van der Waals surface area contributed by atoms with E-state index in [-0.39, 0.29) is 12.1 Å². The fourth-order valence-electron chi connectivity index (χ4n) is 1.93. The summed E-state index contributed by atoms with van der Waals surface area (Å²) in [5, 5.41) is 12.5. The molecule has 5 heteroatoms. The molecule has 0 saturated heterocycles. The quantitative estimate of drug-likeness (QED) is 0.554. The van der Waals surface area contributed by atoms with E-state index in [4.69, 9.17) is 10.5 Å². The Morgan fingerprint density at radius 3 is 2.72 bits per heavy atom. The van der Waals surface area contributed by atoms with Gasteiger partial charge in [0.2, 0.25) is 0 Å². The van der Waals surface area contributed by atoms with Crippen LogP contribution in [-0.4, -0.2) is 30.3 Å². The number of ether oxygens (including phenoxy) is 1. The molecule has 18 heavy (non-hydrogen) atoms. The number of carbonyl (C=O) groups is 1. The molecule has 2 rings (SSSR count). The Labute approximate surface area is 106 Å². The number of aryl methyl sites for hydroxylation is 1.